The SMILES string of the molecule is C[C@H]1[C@@H](Oc2ccc(C#CC(=O)O)cc2)O[C@@H]2O[C@@]3(C)CC[C@H]4[C@H](C)CC[C@@H]1[C@@]24OO3. The number of carbonyl (C=O) groups is 1. The van der Waals surface area contributed by atoms with Gasteiger partial charge in [0, 0.05) is 29.7 Å². The fraction of sp³-hybridized carbons (Fsp3) is 0.625. The molecule has 7 nitrogen and oxygen atoms in total. The van der Waals surface area contributed by atoms with Gasteiger partial charge in [-0.05, 0) is 62.3 Å². The summed E-state index contributed by atoms with van der Waals surface area (Å²) in [6, 6.07) is 7.03. The van der Waals surface area contributed by atoms with E-state index < -0.39 is 29.9 Å². The van der Waals surface area contributed by atoms with Crippen molar-refractivity contribution in [1.82, 2.24) is 0 Å². The third kappa shape index (κ3) is 3.42. The van der Waals surface area contributed by atoms with Crippen LogP contribution in [0.2, 0.25) is 0 Å². The predicted octanol–water partition coefficient (Wildman–Crippen LogP) is 3.71. The lowest BCUT2D eigenvalue weighted by Gasteiger charge is -2.60. The molecule has 7 heteroatoms. The number of rotatable bonds is 2. The molecule has 1 spiro atoms. The Hall–Kier alpha value is -2.11. The average molecular weight is 428 g/mol. The summed E-state index contributed by atoms with van der Waals surface area (Å²) in [5.41, 5.74) is 0.00164. The lowest BCUT2D eigenvalue weighted by atomic mass is 9.58. The summed E-state index contributed by atoms with van der Waals surface area (Å²) >= 11 is 0. The number of aliphatic carboxylic acids is 1. The van der Waals surface area contributed by atoms with Crippen molar-refractivity contribution in [3.8, 4) is 17.6 Å². The highest BCUT2D eigenvalue weighted by atomic mass is 17.3. The maximum Gasteiger partial charge on any atom is 0.382 e. The van der Waals surface area contributed by atoms with E-state index in [0.717, 1.165) is 25.7 Å². The largest absolute Gasteiger partial charge is 0.472 e. The first-order valence-corrected chi connectivity index (χ1v) is 11.0. The summed E-state index contributed by atoms with van der Waals surface area (Å²) in [6.07, 6.45) is 2.87. The van der Waals surface area contributed by atoms with Gasteiger partial charge in [-0.3, -0.25) is 0 Å². The van der Waals surface area contributed by atoms with Crippen LogP contribution in [0.15, 0.2) is 24.3 Å². The fourth-order valence-electron chi connectivity index (χ4n) is 5.88. The first-order chi connectivity index (χ1) is 14.8. The second kappa shape index (κ2) is 7.49. The minimum Gasteiger partial charge on any atom is -0.472 e. The molecule has 4 aliphatic heterocycles. The Balaban J connectivity index is 1.40. The molecule has 5 aliphatic rings. The molecule has 4 heterocycles. The fourth-order valence-corrected chi connectivity index (χ4v) is 5.88. The van der Waals surface area contributed by atoms with Gasteiger partial charge in [-0.25, -0.2) is 14.6 Å². The number of hydrogen-bond acceptors (Lipinski definition) is 6. The van der Waals surface area contributed by atoms with Gasteiger partial charge in [0.05, 0.1) is 0 Å². The molecule has 5 fully saturated rings. The minimum absolute atomic E-state index is 0.0763. The third-order valence-electron chi connectivity index (χ3n) is 7.52. The summed E-state index contributed by atoms with van der Waals surface area (Å²) in [6.45, 7) is 6.34. The van der Waals surface area contributed by atoms with Gasteiger partial charge >= 0.3 is 5.97 Å². The number of fused-ring (bicyclic) bond motifs is 2. The van der Waals surface area contributed by atoms with Gasteiger partial charge in [0.25, 0.3) is 0 Å². The monoisotopic (exact) mass is 428 g/mol. The van der Waals surface area contributed by atoms with Gasteiger partial charge in [0.15, 0.2) is 11.9 Å². The van der Waals surface area contributed by atoms with Gasteiger partial charge in [-0.15, -0.1) is 0 Å². The average Bonchev–Trinajstić information content (AvgIpc) is 2.97. The van der Waals surface area contributed by atoms with E-state index in [-0.39, 0.29) is 11.8 Å². The quantitative estimate of drug-likeness (QED) is 0.568. The molecule has 6 rings (SSSR count). The zero-order valence-corrected chi connectivity index (χ0v) is 18.0. The molecule has 8 atom stereocenters. The zero-order valence-electron chi connectivity index (χ0n) is 18.0. The van der Waals surface area contributed by atoms with Gasteiger partial charge in [0.1, 0.15) is 5.75 Å². The number of hydrogen-bond donors (Lipinski definition) is 1. The second-order valence-corrected chi connectivity index (χ2v) is 9.47. The molecule has 1 aliphatic carbocycles. The highest BCUT2D eigenvalue weighted by molar-refractivity contribution is 5.87. The Labute approximate surface area is 181 Å². The molecule has 1 aromatic rings. The highest BCUT2D eigenvalue weighted by Gasteiger charge is 2.69. The van der Waals surface area contributed by atoms with Crippen LogP contribution in [0.3, 0.4) is 0 Å². The molecule has 166 valence electrons. The Morgan fingerprint density at radius 3 is 2.65 bits per heavy atom. The molecule has 0 amide bonds. The van der Waals surface area contributed by atoms with Crippen LogP contribution in [0.4, 0.5) is 0 Å². The van der Waals surface area contributed by atoms with Crippen LogP contribution in [0.1, 0.15) is 52.0 Å². The molecule has 1 saturated carbocycles. The molecule has 31 heavy (non-hydrogen) atoms. The van der Waals surface area contributed by atoms with Gasteiger partial charge < -0.3 is 19.3 Å². The van der Waals surface area contributed by atoms with E-state index in [0.29, 0.717) is 23.1 Å². The van der Waals surface area contributed by atoms with Crippen LogP contribution >= 0.6 is 0 Å². The lowest BCUT2D eigenvalue weighted by molar-refractivity contribution is -0.575. The van der Waals surface area contributed by atoms with Crippen molar-refractivity contribution < 1.29 is 33.9 Å². The molecule has 0 radical (unpaired) electrons. The van der Waals surface area contributed by atoms with E-state index in [4.69, 9.17) is 29.1 Å². The first kappa shape index (κ1) is 20.8. The maximum absolute atomic E-state index is 10.6. The summed E-state index contributed by atoms with van der Waals surface area (Å²) in [7, 11) is 0. The summed E-state index contributed by atoms with van der Waals surface area (Å²) in [4.78, 5) is 22.6. The summed E-state index contributed by atoms with van der Waals surface area (Å²) in [5.74, 6) is 4.47. The molecule has 1 N–H and O–H groups in total. The lowest BCUT2D eigenvalue weighted by Crippen LogP contribution is -2.70. The Morgan fingerprint density at radius 1 is 1.13 bits per heavy atom. The molecule has 0 aromatic heterocycles. The van der Waals surface area contributed by atoms with E-state index >= 15 is 0 Å². The number of carboxylic acid groups (broad SMARTS) is 1. The van der Waals surface area contributed by atoms with Gasteiger partial charge in [-0.1, -0.05) is 19.8 Å². The predicted molar refractivity (Wildman–Crippen MR) is 108 cm³/mol. The molecule has 0 unspecified atom stereocenters. The maximum atomic E-state index is 10.6. The minimum atomic E-state index is -1.16. The van der Waals surface area contributed by atoms with Crippen molar-refractivity contribution in [3.05, 3.63) is 29.8 Å². The van der Waals surface area contributed by atoms with Crippen molar-refractivity contribution in [2.45, 2.75) is 70.4 Å². The molecule has 4 saturated heterocycles. The number of benzene rings is 1. The van der Waals surface area contributed by atoms with Crippen LogP contribution in [0.25, 0.3) is 0 Å². The van der Waals surface area contributed by atoms with Crippen LogP contribution < -0.4 is 4.74 Å². The van der Waals surface area contributed by atoms with Crippen molar-refractivity contribution in [2.75, 3.05) is 0 Å². The van der Waals surface area contributed by atoms with E-state index in [1.165, 1.54) is 0 Å². The number of carboxylic acids is 1. The molecular weight excluding hydrogens is 400 g/mol. The van der Waals surface area contributed by atoms with Crippen LogP contribution in [0, 0.1) is 35.5 Å². The van der Waals surface area contributed by atoms with E-state index in [9.17, 15) is 4.79 Å². The van der Waals surface area contributed by atoms with E-state index in [1.807, 2.05) is 6.92 Å². The van der Waals surface area contributed by atoms with E-state index in [2.05, 4.69) is 25.7 Å². The smallest absolute Gasteiger partial charge is 0.382 e. The van der Waals surface area contributed by atoms with Crippen molar-refractivity contribution in [3.63, 3.8) is 0 Å². The van der Waals surface area contributed by atoms with Gasteiger partial charge in [0.2, 0.25) is 12.1 Å². The molecule has 2 bridgehead atoms. The van der Waals surface area contributed by atoms with Crippen molar-refractivity contribution in [1.29, 1.82) is 0 Å². The standard InChI is InChI=1S/C24H28O7/c1-14-4-10-19-15(2)21(27-17-8-5-16(6-9-17)7-11-20(25)26)28-22-24(19)18(14)12-13-23(3,29-22)30-31-24/h5-6,8-9,14-15,18-19,21-22H,4,10,12-13H2,1-3H3,(H,25,26)/t14-,15-,18+,19+,21+,22-,23-,24-/m1/s1. The second-order valence-electron chi connectivity index (χ2n) is 9.47. The Bertz CT molecular complexity index is 918. The summed E-state index contributed by atoms with van der Waals surface area (Å²) < 4.78 is 19.0. The third-order valence-corrected chi connectivity index (χ3v) is 7.52. The van der Waals surface area contributed by atoms with Crippen LogP contribution in [-0.2, 0) is 24.0 Å². The number of ether oxygens (including phenoxy) is 3. The van der Waals surface area contributed by atoms with Crippen LogP contribution in [-0.4, -0.2) is 35.0 Å². The normalized spacial score (nSPS) is 43.2. The zero-order chi connectivity index (χ0) is 21.8. The Morgan fingerprint density at radius 2 is 1.90 bits per heavy atom. The van der Waals surface area contributed by atoms with Gasteiger partial charge in [-0.2, -0.15) is 0 Å². The highest BCUT2D eigenvalue weighted by Crippen LogP contribution is 2.60. The first-order valence-electron chi connectivity index (χ1n) is 11.0. The van der Waals surface area contributed by atoms with Crippen LogP contribution in [0.5, 0.6) is 5.75 Å². The summed E-state index contributed by atoms with van der Waals surface area (Å²) in [5, 5.41) is 8.69. The molecule has 1 aromatic carbocycles. The molecular formula is C24H28O7. The topological polar surface area (TPSA) is 83.5 Å². The van der Waals surface area contributed by atoms with Crippen molar-refractivity contribution in [2.24, 2.45) is 23.7 Å². The van der Waals surface area contributed by atoms with Crippen molar-refractivity contribution >= 4 is 5.97 Å². The van der Waals surface area contributed by atoms with E-state index in [1.54, 1.807) is 24.3 Å². The Kier molecular flexibility index (Phi) is 5.02.